The summed E-state index contributed by atoms with van der Waals surface area (Å²) >= 11 is 0. The quantitative estimate of drug-likeness (QED) is 0.640. The lowest BCUT2D eigenvalue weighted by Gasteiger charge is -2.33. The molecule has 1 amide bonds. The van der Waals surface area contributed by atoms with Crippen molar-refractivity contribution in [2.24, 2.45) is 0 Å². The van der Waals surface area contributed by atoms with Crippen LogP contribution in [0.1, 0.15) is 36.4 Å². The molecule has 1 aromatic heterocycles. The van der Waals surface area contributed by atoms with Gasteiger partial charge in [0.1, 0.15) is 5.82 Å². The molecule has 0 spiro atoms. The zero-order valence-electron chi connectivity index (χ0n) is 16.3. The first-order chi connectivity index (χ1) is 14.2. The van der Waals surface area contributed by atoms with Gasteiger partial charge in [0, 0.05) is 43.4 Å². The van der Waals surface area contributed by atoms with E-state index in [-0.39, 0.29) is 17.6 Å². The minimum absolute atomic E-state index is 0.0627. The average Bonchev–Trinajstić information content (AvgIpc) is 2.78. The minimum Gasteiger partial charge on any atom is -0.342 e. The first-order valence-corrected chi connectivity index (χ1v) is 10.1. The highest BCUT2D eigenvalue weighted by molar-refractivity contribution is 5.76. The van der Waals surface area contributed by atoms with Crippen LogP contribution in [-0.4, -0.2) is 33.9 Å². The zero-order chi connectivity index (χ0) is 20.1. The number of piperidine rings is 1. The number of likely N-dealkylation sites (tertiary alicyclic amines) is 1. The number of hydrogen-bond acceptors (Lipinski definition) is 3. The molecule has 29 heavy (non-hydrogen) atoms. The SMILES string of the molecule is O=C(CCc1ccccc1)N1CCCC(c2nccnc2-c2ccccc2F)C1. The van der Waals surface area contributed by atoms with Crippen LogP contribution in [0.2, 0.25) is 0 Å². The van der Waals surface area contributed by atoms with Crippen LogP contribution in [0.25, 0.3) is 11.3 Å². The second kappa shape index (κ2) is 8.95. The van der Waals surface area contributed by atoms with Gasteiger partial charge in [-0.25, -0.2) is 4.39 Å². The van der Waals surface area contributed by atoms with E-state index in [9.17, 15) is 9.18 Å². The summed E-state index contributed by atoms with van der Waals surface area (Å²) in [7, 11) is 0. The number of benzene rings is 2. The average molecular weight is 389 g/mol. The van der Waals surface area contributed by atoms with E-state index in [1.54, 1.807) is 30.6 Å². The molecule has 1 atom stereocenters. The van der Waals surface area contributed by atoms with Crippen LogP contribution in [0, 0.1) is 5.82 Å². The van der Waals surface area contributed by atoms with E-state index in [0.29, 0.717) is 24.2 Å². The Hall–Kier alpha value is -3.08. The molecule has 4 rings (SSSR count). The number of halogens is 1. The van der Waals surface area contributed by atoms with Gasteiger partial charge in [0.2, 0.25) is 5.91 Å². The third-order valence-corrected chi connectivity index (χ3v) is 5.49. The fourth-order valence-electron chi connectivity index (χ4n) is 3.99. The van der Waals surface area contributed by atoms with Gasteiger partial charge in [0.15, 0.2) is 0 Å². The molecule has 1 aliphatic rings. The second-order valence-electron chi connectivity index (χ2n) is 7.43. The van der Waals surface area contributed by atoms with Gasteiger partial charge >= 0.3 is 0 Å². The van der Waals surface area contributed by atoms with E-state index in [0.717, 1.165) is 31.5 Å². The summed E-state index contributed by atoms with van der Waals surface area (Å²) in [5.74, 6) is -0.0801. The molecule has 3 aromatic rings. The topological polar surface area (TPSA) is 46.1 Å². The number of nitrogens with zero attached hydrogens (tertiary/aromatic N) is 3. The van der Waals surface area contributed by atoms with Crippen LogP contribution >= 0.6 is 0 Å². The van der Waals surface area contributed by atoms with Gasteiger partial charge in [-0.05, 0) is 37.0 Å². The molecule has 0 N–H and O–H groups in total. The van der Waals surface area contributed by atoms with Crippen LogP contribution in [0.4, 0.5) is 4.39 Å². The number of amides is 1. The molecule has 5 heteroatoms. The smallest absolute Gasteiger partial charge is 0.222 e. The van der Waals surface area contributed by atoms with Crippen molar-refractivity contribution in [3.8, 4) is 11.3 Å². The molecule has 0 radical (unpaired) electrons. The Bertz CT molecular complexity index is 977. The Labute approximate surface area is 170 Å². The summed E-state index contributed by atoms with van der Waals surface area (Å²) in [6.45, 7) is 1.37. The van der Waals surface area contributed by atoms with E-state index in [4.69, 9.17) is 0 Å². The predicted molar refractivity (Wildman–Crippen MR) is 111 cm³/mol. The first-order valence-electron chi connectivity index (χ1n) is 10.1. The minimum atomic E-state index is -0.305. The summed E-state index contributed by atoms with van der Waals surface area (Å²) in [6, 6.07) is 16.7. The van der Waals surface area contributed by atoms with Crippen molar-refractivity contribution in [1.82, 2.24) is 14.9 Å². The number of rotatable bonds is 5. The Morgan fingerprint density at radius 1 is 1.03 bits per heavy atom. The Morgan fingerprint density at radius 3 is 2.62 bits per heavy atom. The number of carbonyl (C=O) groups excluding carboxylic acids is 1. The normalized spacial score (nSPS) is 16.6. The van der Waals surface area contributed by atoms with Crippen molar-refractivity contribution in [3.05, 3.63) is 84.1 Å². The van der Waals surface area contributed by atoms with Gasteiger partial charge in [-0.15, -0.1) is 0 Å². The van der Waals surface area contributed by atoms with Gasteiger partial charge in [0.25, 0.3) is 0 Å². The fraction of sp³-hybridized carbons (Fsp3) is 0.292. The van der Waals surface area contributed by atoms with Crippen LogP contribution in [0.3, 0.4) is 0 Å². The zero-order valence-corrected chi connectivity index (χ0v) is 16.3. The monoisotopic (exact) mass is 389 g/mol. The molecule has 1 fully saturated rings. The molecular weight excluding hydrogens is 365 g/mol. The lowest BCUT2D eigenvalue weighted by molar-refractivity contribution is -0.132. The standard InChI is InChI=1S/C24H24FN3O/c25-21-11-5-4-10-20(21)24-23(26-14-15-27-24)19-9-6-16-28(17-19)22(29)13-12-18-7-2-1-3-8-18/h1-5,7-8,10-11,14-15,19H,6,9,12-13,16-17H2. The van der Waals surface area contributed by atoms with E-state index >= 15 is 0 Å². The van der Waals surface area contributed by atoms with Gasteiger partial charge in [-0.1, -0.05) is 42.5 Å². The lowest BCUT2D eigenvalue weighted by atomic mass is 9.91. The maximum Gasteiger partial charge on any atom is 0.222 e. The molecule has 2 heterocycles. The largest absolute Gasteiger partial charge is 0.342 e. The highest BCUT2D eigenvalue weighted by Crippen LogP contribution is 2.33. The highest BCUT2D eigenvalue weighted by atomic mass is 19.1. The summed E-state index contributed by atoms with van der Waals surface area (Å²) < 4.78 is 14.4. The lowest BCUT2D eigenvalue weighted by Crippen LogP contribution is -2.39. The molecule has 0 bridgehead atoms. The van der Waals surface area contributed by atoms with Gasteiger partial charge in [-0.2, -0.15) is 0 Å². The molecule has 1 aliphatic heterocycles. The second-order valence-corrected chi connectivity index (χ2v) is 7.43. The maximum atomic E-state index is 14.4. The Balaban J connectivity index is 1.49. The molecule has 4 nitrogen and oxygen atoms in total. The van der Waals surface area contributed by atoms with Crippen molar-refractivity contribution in [1.29, 1.82) is 0 Å². The molecule has 2 aromatic carbocycles. The van der Waals surface area contributed by atoms with Crippen molar-refractivity contribution >= 4 is 5.91 Å². The number of aromatic nitrogens is 2. The maximum absolute atomic E-state index is 14.4. The molecule has 1 saturated heterocycles. The predicted octanol–water partition coefficient (Wildman–Crippen LogP) is 4.62. The molecule has 0 saturated carbocycles. The van der Waals surface area contributed by atoms with Crippen LogP contribution < -0.4 is 0 Å². The van der Waals surface area contributed by atoms with E-state index < -0.39 is 0 Å². The van der Waals surface area contributed by atoms with E-state index in [2.05, 4.69) is 9.97 Å². The van der Waals surface area contributed by atoms with E-state index in [1.807, 2.05) is 35.2 Å². The number of hydrogen-bond donors (Lipinski definition) is 0. The Morgan fingerprint density at radius 2 is 1.79 bits per heavy atom. The van der Waals surface area contributed by atoms with Crippen molar-refractivity contribution in [2.75, 3.05) is 13.1 Å². The molecule has 1 unspecified atom stereocenters. The summed E-state index contributed by atoms with van der Waals surface area (Å²) in [5, 5.41) is 0. The number of aryl methyl sites for hydroxylation is 1. The summed E-state index contributed by atoms with van der Waals surface area (Å²) in [5.41, 5.74) is 2.99. The summed E-state index contributed by atoms with van der Waals surface area (Å²) in [6.07, 6.45) is 6.31. The van der Waals surface area contributed by atoms with Crippen molar-refractivity contribution < 1.29 is 9.18 Å². The van der Waals surface area contributed by atoms with Crippen LogP contribution in [-0.2, 0) is 11.2 Å². The Kier molecular flexibility index (Phi) is 5.94. The van der Waals surface area contributed by atoms with Crippen LogP contribution in [0.5, 0.6) is 0 Å². The third kappa shape index (κ3) is 4.50. The molecule has 148 valence electrons. The number of carbonyl (C=O) groups is 1. The van der Waals surface area contributed by atoms with Gasteiger partial charge < -0.3 is 4.90 Å². The third-order valence-electron chi connectivity index (χ3n) is 5.49. The highest BCUT2D eigenvalue weighted by Gasteiger charge is 2.28. The first kappa shape index (κ1) is 19.2. The van der Waals surface area contributed by atoms with Gasteiger partial charge in [0.05, 0.1) is 11.4 Å². The van der Waals surface area contributed by atoms with Crippen LogP contribution in [0.15, 0.2) is 67.0 Å². The molecule has 0 aliphatic carbocycles. The van der Waals surface area contributed by atoms with Crippen molar-refractivity contribution in [2.45, 2.75) is 31.6 Å². The fourth-order valence-corrected chi connectivity index (χ4v) is 3.99. The van der Waals surface area contributed by atoms with E-state index in [1.165, 1.54) is 11.6 Å². The van der Waals surface area contributed by atoms with Gasteiger partial charge in [-0.3, -0.25) is 14.8 Å². The van der Waals surface area contributed by atoms with Crippen molar-refractivity contribution in [3.63, 3.8) is 0 Å². The molecular formula is C24H24FN3O. The summed E-state index contributed by atoms with van der Waals surface area (Å²) in [4.78, 5) is 23.7.